The number of hydrogen-bond acceptors (Lipinski definition) is 3. The first-order valence-electron chi connectivity index (χ1n) is 5.85. The number of carbonyl (C=O) groups excluding carboxylic acids is 1. The van der Waals surface area contributed by atoms with Gasteiger partial charge in [0.15, 0.2) is 5.78 Å². The highest BCUT2D eigenvalue weighted by atomic mass is 32.2. The van der Waals surface area contributed by atoms with Gasteiger partial charge in [-0.05, 0) is 12.3 Å². The first kappa shape index (κ1) is 12.9. The molecule has 0 saturated carbocycles. The Bertz CT molecular complexity index is 548. The van der Waals surface area contributed by atoms with E-state index in [0.29, 0.717) is 12.8 Å². The van der Waals surface area contributed by atoms with Gasteiger partial charge in [-0.1, -0.05) is 18.2 Å². The minimum atomic E-state index is 0.183. The monoisotopic (exact) mass is 260 g/mol. The van der Waals surface area contributed by atoms with Gasteiger partial charge in [-0.2, -0.15) is 0 Å². The lowest BCUT2D eigenvalue weighted by Gasteiger charge is -2.06. The Balaban J connectivity index is 2.06. The molecule has 2 aromatic rings. The predicted octanol–water partition coefficient (Wildman–Crippen LogP) is 2.96. The van der Waals surface area contributed by atoms with Crippen LogP contribution in [0, 0.1) is 0 Å². The van der Waals surface area contributed by atoms with Crippen molar-refractivity contribution in [1.82, 2.24) is 9.55 Å². The van der Waals surface area contributed by atoms with E-state index < -0.39 is 0 Å². The van der Waals surface area contributed by atoms with Crippen molar-refractivity contribution >= 4 is 17.5 Å². The number of carbonyl (C=O) groups is 1. The van der Waals surface area contributed by atoms with Crippen LogP contribution in [0.15, 0.2) is 41.6 Å². The molecule has 2 rings (SSSR count). The molecule has 0 amide bonds. The fourth-order valence-electron chi connectivity index (χ4n) is 1.87. The van der Waals surface area contributed by atoms with Crippen molar-refractivity contribution in [2.45, 2.75) is 17.7 Å². The number of aryl methyl sites for hydroxylation is 2. The average molecular weight is 260 g/mol. The molecule has 4 heteroatoms. The molecule has 0 atom stereocenters. The zero-order valence-corrected chi connectivity index (χ0v) is 11.4. The molecule has 18 heavy (non-hydrogen) atoms. The van der Waals surface area contributed by atoms with Crippen LogP contribution < -0.4 is 0 Å². The summed E-state index contributed by atoms with van der Waals surface area (Å²) in [6.45, 7) is 0. The summed E-state index contributed by atoms with van der Waals surface area (Å²) in [5.74, 6) is 1.13. The van der Waals surface area contributed by atoms with E-state index in [1.807, 2.05) is 48.3 Å². The zero-order chi connectivity index (χ0) is 13.0. The third-order valence-corrected chi connectivity index (χ3v) is 3.70. The molecule has 0 aliphatic rings. The predicted molar refractivity (Wildman–Crippen MR) is 74.1 cm³/mol. The van der Waals surface area contributed by atoms with Crippen molar-refractivity contribution in [3.8, 4) is 0 Å². The summed E-state index contributed by atoms with van der Waals surface area (Å²) < 4.78 is 1.95. The molecule has 0 N–H and O–H groups in total. The van der Waals surface area contributed by atoms with Crippen LogP contribution in [0.1, 0.15) is 22.6 Å². The second-order valence-electron chi connectivity index (χ2n) is 4.08. The average Bonchev–Trinajstić information content (AvgIpc) is 2.81. The molecule has 0 radical (unpaired) electrons. The lowest BCUT2D eigenvalue weighted by Crippen LogP contribution is -2.05. The van der Waals surface area contributed by atoms with Gasteiger partial charge in [0.05, 0.1) is 0 Å². The third-order valence-electron chi connectivity index (χ3n) is 2.90. The van der Waals surface area contributed by atoms with Crippen LogP contribution in [0.3, 0.4) is 0 Å². The number of ketones is 1. The molecule has 3 nitrogen and oxygen atoms in total. The number of benzene rings is 1. The third kappa shape index (κ3) is 2.82. The van der Waals surface area contributed by atoms with Crippen LogP contribution in [0.5, 0.6) is 0 Å². The van der Waals surface area contributed by atoms with Gasteiger partial charge in [0.2, 0.25) is 0 Å². The number of aromatic nitrogens is 2. The van der Waals surface area contributed by atoms with E-state index in [-0.39, 0.29) is 5.78 Å². The molecule has 1 aromatic carbocycles. The molecule has 0 saturated heterocycles. The summed E-state index contributed by atoms with van der Waals surface area (Å²) in [7, 11) is 1.95. The lowest BCUT2D eigenvalue weighted by molar-refractivity contribution is 0.0979. The number of rotatable bonds is 5. The number of Topliss-reactive ketones (excluding diaryl/α,β-unsaturated/α-hetero) is 1. The first-order chi connectivity index (χ1) is 8.72. The summed E-state index contributed by atoms with van der Waals surface area (Å²) in [6.07, 6.45) is 6.84. The van der Waals surface area contributed by atoms with Crippen molar-refractivity contribution in [3.63, 3.8) is 0 Å². The van der Waals surface area contributed by atoms with Crippen LogP contribution in [0.4, 0.5) is 0 Å². The topological polar surface area (TPSA) is 34.9 Å². The smallest absolute Gasteiger partial charge is 0.164 e. The molecule has 0 unspecified atom stereocenters. The molecule has 0 aliphatic carbocycles. The van der Waals surface area contributed by atoms with Crippen molar-refractivity contribution in [1.29, 1.82) is 0 Å². The summed E-state index contributed by atoms with van der Waals surface area (Å²) in [6, 6.07) is 7.75. The minimum absolute atomic E-state index is 0.183. The molecular formula is C14H16N2OS. The number of nitrogens with zero attached hydrogens (tertiary/aromatic N) is 2. The summed E-state index contributed by atoms with van der Waals surface area (Å²) in [4.78, 5) is 17.5. The Morgan fingerprint density at radius 1 is 1.39 bits per heavy atom. The highest BCUT2D eigenvalue weighted by Crippen LogP contribution is 2.21. The Morgan fingerprint density at radius 3 is 2.83 bits per heavy atom. The molecule has 0 spiro atoms. The van der Waals surface area contributed by atoms with E-state index in [1.165, 1.54) is 0 Å². The lowest BCUT2D eigenvalue weighted by atomic mass is 10.1. The molecular weight excluding hydrogens is 244 g/mol. The maximum atomic E-state index is 12.2. The van der Waals surface area contributed by atoms with E-state index in [9.17, 15) is 4.79 Å². The van der Waals surface area contributed by atoms with Gasteiger partial charge in [-0.25, -0.2) is 4.98 Å². The largest absolute Gasteiger partial charge is 0.338 e. The van der Waals surface area contributed by atoms with Crippen molar-refractivity contribution in [2.24, 2.45) is 7.05 Å². The van der Waals surface area contributed by atoms with Gasteiger partial charge < -0.3 is 4.57 Å². The Kier molecular flexibility index (Phi) is 4.20. The number of imidazole rings is 1. The van der Waals surface area contributed by atoms with Gasteiger partial charge in [0.25, 0.3) is 0 Å². The van der Waals surface area contributed by atoms with Gasteiger partial charge in [-0.15, -0.1) is 11.8 Å². The number of thioether (sulfide) groups is 1. The Morgan fingerprint density at radius 2 is 2.17 bits per heavy atom. The van der Waals surface area contributed by atoms with E-state index in [4.69, 9.17) is 0 Å². The van der Waals surface area contributed by atoms with Crippen molar-refractivity contribution in [3.05, 3.63) is 48.0 Å². The standard InChI is InChI=1S/C14H16N2OS/c1-16-10-9-15-14(16)8-7-12(17)11-5-3-4-6-13(11)18-2/h3-6,9-10H,7-8H2,1-2H3. The molecule has 1 heterocycles. The quantitative estimate of drug-likeness (QED) is 0.612. The molecule has 0 aliphatic heterocycles. The van der Waals surface area contributed by atoms with E-state index in [1.54, 1.807) is 18.0 Å². The van der Waals surface area contributed by atoms with Gasteiger partial charge >= 0.3 is 0 Å². The van der Waals surface area contributed by atoms with E-state index >= 15 is 0 Å². The van der Waals surface area contributed by atoms with Gasteiger partial charge in [0, 0.05) is 42.7 Å². The highest BCUT2D eigenvalue weighted by Gasteiger charge is 2.11. The maximum absolute atomic E-state index is 12.2. The second-order valence-corrected chi connectivity index (χ2v) is 4.93. The van der Waals surface area contributed by atoms with Crippen LogP contribution in [-0.4, -0.2) is 21.6 Å². The van der Waals surface area contributed by atoms with Crippen LogP contribution >= 0.6 is 11.8 Å². The van der Waals surface area contributed by atoms with Crippen LogP contribution in [-0.2, 0) is 13.5 Å². The maximum Gasteiger partial charge on any atom is 0.164 e. The molecule has 94 valence electrons. The SMILES string of the molecule is CSc1ccccc1C(=O)CCc1nccn1C. The van der Waals surface area contributed by atoms with Crippen molar-refractivity contribution in [2.75, 3.05) is 6.26 Å². The summed E-state index contributed by atoms with van der Waals surface area (Å²) in [5, 5.41) is 0. The van der Waals surface area contributed by atoms with Crippen LogP contribution in [0.2, 0.25) is 0 Å². The highest BCUT2D eigenvalue weighted by molar-refractivity contribution is 7.98. The van der Waals surface area contributed by atoms with Gasteiger partial charge in [-0.3, -0.25) is 4.79 Å². The fraction of sp³-hybridized carbons (Fsp3) is 0.286. The zero-order valence-electron chi connectivity index (χ0n) is 10.6. The normalized spacial score (nSPS) is 10.6. The fourth-order valence-corrected chi connectivity index (χ4v) is 2.49. The molecule has 0 fully saturated rings. The summed E-state index contributed by atoms with van der Waals surface area (Å²) in [5.41, 5.74) is 0.819. The van der Waals surface area contributed by atoms with E-state index in [2.05, 4.69) is 4.98 Å². The van der Waals surface area contributed by atoms with E-state index in [0.717, 1.165) is 16.3 Å². The minimum Gasteiger partial charge on any atom is -0.338 e. The molecule has 0 bridgehead atoms. The van der Waals surface area contributed by atoms with Gasteiger partial charge in [0.1, 0.15) is 5.82 Å². The van der Waals surface area contributed by atoms with Crippen molar-refractivity contribution < 1.29 is 4.79 Å². The first-order valence-corrected chi connectivity index (χ1v) is 7.07. The second kappa shape index (κ2) is 5.87. The number of hydrogen-bond donors (Lipinski definition) is 0. The summed E-state index contributed by atoms with van der Waals surface area (Å²) >= 11 is 1.61. The molecule has 1 aromatic heterocycles. The Hall–Kier alpha value is -1.55. The van der Waals surface area contributed by atoms with Crippen LogP contribution in [0.25, 0.3) is 0 Å². The Labute approximate surface area is 111 Å².